The largest absolute Gasteiger partial charge is 0.350 e. The number of carbonyl (C=O) groups excluding carboxylic acids is 2. The highest BCUT2D eigenvalue weighted by molar-refractivity contribution is 7.99. The Morgan fingerprint density at radius 3 is 2.22 bits per heavy atom. The molecule has 0 bridgehead atoms. The van der Waals surface area contributed by atoms with Crippen molar-refractivity contribution in [2.24, 2.45) is 0 Å². The van der Waals surface area contributed by atoms with E-state index in [2.05, 4.69) is 5.32 Å². The zero-order valence-corrected chi connectivity index (χ0v) is 21.1. The van der Waals surface area contributed by atoms with Crippen LogP contribution in [0.1, 0.15) is 45.2 Å². The number of hydrogen-bond acceptors (Lipinski definition) is 3. The third-order valence-electron chi connectivity index (χ3n) is 4.68. The van der Waals surface area contributed by atoms with Crippen LogP contribution in [-0.4, -0.2) is 34.0 Å². The van der Waals surface area contributed by atoms with Crippen LogP contribution in [0.4, 0.5) is 4.39 Å². The molecule has 1 N–H and O–H groups in total. The van der Waals surface area contributed by atoms with Gasteiger partial charge in [-0.3, -0.25) is 9.59 Å². The molecule has 2 amide bonds. The first-order valence-corrected chi connectivity index (χ1v) is 12.3. The van der Waals surface area contributed by atoms with Crippen LogP contribution >= 0.6 is 35.0 Å². The quantitative estimate of drug-likeness (QED) is 0.455. The summed E-state index contributed by atoms with van der Waals surface area (Å²) in [5.41, 5.74) is 1.10. The Labute approximate surface area is 203 Å². The summed E-state index contributed by atoms with van der Waals surface area (Å²) in [5.74, 6) is -0.119. The summed E-state index contributed by atoms with van der Waals surface area (Å²) in [6.07, 6.45) is 0.454. The van der Waals surface area contributed by atoms with Gasteiger partial charge in [0.25, 0.3) is 0 Å². The Hall–Kier alpha value is -1.76. The highest BCUT2D eigenvalue weighted by Gasteiger charge is 2.30. The molecule has 0 saturated heterocycles. The normalized spacial score (nSPS) is 12.3. The van der Waals surface area contributed by atoms with Gasteiger partial charge in [-0.1, -0.05) is 48.3 Å². The molecule has 0 aliphatic rings. The Morgan fingerprint density at radius 1 is 1.09 bits per heavy atom. The molecule has 2 aromatic carbocycles. The number of benzene rings is 2. The van der Waals surface area contributed by atoms with Gasteiger partial charge in [0.15, 0.2) is 0 Å². The third-order valence-corrected chi connectivity index (χ3v) is 6.34. The molecule has 0 heterocycles. The lowest BCUT2D eigenvalue weighted by Crippen LogP contribution is -2.53. The van der Waals surface area contributed by atoms with E-state index in [1.807, 2.05) is 27.7 Å². The van der Waals surface area contributed by atoms with Gasteiger partial charge in [0, 0.05) is 27.9 Å². The highest BCUT2D eigenvalue weighted by Crippen LogP contribution is 2.28. The second-order valence-electron chi connectivity index (χ2n) is 8.50. The van der Waals surface area contributed by atoms with Crippen molar-refractivity contribution in [3.63, 3.8) is 0 Å². The van der Waals surface area contributed by atoms with E-state index in [0.29, 0.717) is 22.2 Å². The molecule has 0 unspecified atom stereocenters. The van der Waals surface area contributed by atoms with E-state index in [1.54, 1.807) is 35.2 Å². The molecular weight excluding hydrogens is 470 g/mol. The lowest BCUT2D eigenvalue weighted by Gasteiger charge is -2.33. The van der Waals surface area contributed by atoms with Crippen molar-refractivity contribution >= 4 is 46.8 Å². The number of nitrogens with zero attached hydrogens (tertiary/aromatic N) is 1. The van der Waals surface area contributed by atoms with Crippen molar-refractivity contribution in [1.82, 2.24) is 10.2 Å². The molecule has 0 fully saturated rings. The molecule has 2 rings (SSSR count). The van der Waals surface area contributed by atoms with E-state index in [-0.39, 0.29) is 29.9 Å². The highest BCUT2D eigenvalue weighted by atomic mass is 35.5. The molecule has 0 aliphatic heterocycles. The summed E-state index contributed by atoms with van der Waals surface area (Å²) in [4.78, 5) is 27.8. The average molecular weight is 499 g/mol. The fourth-order valence-electron chi connectivity index (χ4n) is 3.15. The summed E-state index contributed by atoms with van der Waals surface area (Å²) >= 11 is 13.8. The van der Waals surface area contributed by atoms with E-state index in [0.717, 1.165) is 11.1 Å². The molecule has 8 heteroatoms. The van der Waals surface area contributed by atoms with E-state index in [9.17, 15) is 14.0 Å². The minimum Gasteiger partial charge on any atom is -0.350 e. The van der Waals surface area contributed by atoms with Gasteiger partial charge < -0.3 is 10.2 Å². The van der Waals surface area contributed by atoms with Gasteiger partial charge in [0.1, 0.15) is 11.9 Å². The maximum atomic E-state index is 13.3. The van der Waals surface area contributed by atoms with E-state index in [1.165, 1.54) is 23.9 Å². The summed E-state index contributed by atoms with van der Waals surface area (Å²) in [6.45, 7) is 7.77. The monoisotopic (exact) mass is 498 g/mol. The van der Waals surface area contributed by atoms with Crippen molar-refractivity contribution in [3.05, 3.63) is 69.5 Å². The van der Waals surface area contributed by atoms with Crippen molar-refractivity contribution in [2.45, 2.75) is 58.0 Å². The molecule has 174 valence electrons. The number of thioether (sulfide) groups is 1. The Kier molecular flexibility index (Phi) is 9.86. The van der Waals surface area contributed by atoms with Gasteiger partial charge in [-0.05, 0) is 62.6 Å². The standard InChI is InChI=1S/C24H29Cl2FN2O2S/c1-5-21(23(31)28-24(2,3)4)29(13-16-9-11-17(27)12-10-16)22(30)15-32-14-18-19(25)7-6-8-20(18)26/h6-12,21H,5,13-15H2,1-4H3,(H,28,31)/t21-/m0/s1. The number of halogens is 3. The van der Waals surface area contributed by atoms with Gasteiger partial charge in [0.2, 0.25) is 11.8 Å². The number of carbonyl (C=O) groups is 2. The van der Waals surface area contributed by atoms with E-state index < -0.39 is 11.6 Å². The average Bonchev–Trinajstić information content (AvgIpc) is 2.70. The number of amides is 2. The van der Waals surface area contributed by atoms with Gasteiger partial charge in [-0.15, -0.1) is 11.8 Å². The maximum Gasteiger partial charge on any atom is 0.243 e. The van der Waals surface area contributed by atoms with Crippen molar-refractivity contribution < 1.29 is 14.0 Å². The predicted octanol–water partition coefficient (Wildman–Crippen LogP) is 6.09. The molecule has 1 atom stereocenters. The SMILES string of the molecule is CC[C@@H](C(=O)NC(C)(C)C)N(Cc1ccc(F)cc1)C(=O)CSCc1c(Cl)cccc1Cl. The topological polar surface area (TPSA) is 49.4 Å². The number of nitrogens with one attached hydrogen (secondary N) is 1. The lowest BCUT2D eigenvalue weighted by atomic mass is 10.1. The summed E-state index contributed by atoms with van der Waals surface area (Å²) < 4.78 is 13.3. The van der Waals surface area contributed by atoms with Gasteiger partial charge in [0.05, 0.1) is 5.75 Å². The van der Waals surface area contributed by atoms with Gasteiger partial charge in [-0.2, -0.15) is 0 Å². The fraction of sp³-hybridized carbons (Fsp3) is 0.417. The minimum atomic E-state index is -0.642. The maximum absolute atomic E-state index is 13.3. The Bertz CT molecular complexity index is 912. The van der Waals surface area contributed by atoms with Crippen molar-refractivity contribution in [3.8, 4) is 0 Å². The van der Waals surface area contributed by atoms with Crippen LogP contribution in [0.3, 0.4) is 0 Å². The zero-order chi connectivity index (χ0) is 23.9. The molecule has 4 nitrogen and oxygen atoms in total. The molecular formula is C24H29Cl2FN2O2S. The van der Waals surface area contributed by atoms with Crippen LogP contribution in [-0.2, 0) is 21.9 Å². The Balaban J connectivity index is 2.18. The van der Waals surface area contributed by atoms with Gasteiger partial charge >= 0.3 is 0 Å². The summed E-state index contributed by atoms with van der Waals surface area (Å²) in [7, 11) is 0. The van der Waals surface area contributed by atoms with Gasteiger partial charge in [-0.25, -0.2) is 4.39 Å². The fourth-order valence-corrected chi connectivity index (χ4v) is 4.80. The first kappa shape index (κ1) is 26.5. The second kappa shape index (κ2) is 11.9. The van der Waals surface area contributed by atoms with Crippen LogP contribution in [0, 0.1) is 5.82 Å². The zero-order valence-electron chi connectivity index (χ0n) is 18.8. The predicted molar refractivity (Wildman–Crippen MR) is 132 cm³/mol. The molecule has 0 radical (unpaired) electrons. The third kappa shape index (κ3) is 7.98. The van der Waals surface area contributed by atoms with Crippen LogP contribution in [0.5, 0.6) is 0 Å². The van der Waals surface area contributed by atoms with Crippen molar-refractivity contribution in [1.29, 1.82) is 0 Å². The molecule has 32 heavy (non-hydrogen) atoms. The summed E-state index contributed by atoms with van der Waals surface area (Å²) in [5, 5.41) is 4.07. The molecule has 0 aromatic heterocycles. The van der Waals surface area contributed by atoms with Crippen LogP contribution < -0.4 is 5.32 Å². The van der Waals surface area contributed by atoms with Crippen LogP contribution in [0.15, 0.2) is 42.5 Å². The number of rotatable bonds is 9. The molecule has 0 spiro atoms. The minimum absolute atomic E-state index is 0.155. The molecule has 0 saturated carbocycles. The summed E-state index contributed by atoms with van der Waals surface area (Å²) in [6, 6.07) is 10.6. The second-order valence-corrected chi connectivity index (χ2v) is 10.3. The molecule has 2 aromatic rings. The molecule has 0 aliphatic carbocycles. The lowest BCUT2D eigenvalue weighted by molar-refractivity contribution is -0.140. The van der Waals surface area contributed by atoms with Crippen molar-refractivity contribution in [2.75, 3.05) is 5.75 Å². The Morgan fingerprint density at radius 2 is 1.69 bits per heavy atom. The van der Waals surface area contributed by atoms with Crippen LogP contribution in [0.25, 0.3) is 0 Å². The van der Waals surface area contributed by atoms with Crippen LogP contribution in [0.2, 0.25) is 10.0 Å². The van der Waals surface area contributed by atoms with E-state index >= 15 is 0 Å². The number of hydrogen-bond donors (Lipinski definition) is 1. The first-order valence-electron chi connectivity index (χ1n) is 10.4. The first-order chi connectivity index (χ1) is 15.0. The smallest absolute Gasteiger partial charge is 0.243 e. The van der Waals surface area contributed by atoms with E-state index in [4.69, 9.17) is 23.2 Å².